The molecule has 1 aromatic carbocycles. The molecule has 0 fully saturated rings. The largest absolute Gasteiger partial charge is 0.586 e. The van der Waals surface area contributed by atoms with Gasteiger partial charge in [0.2, 0.25) is 0 Å². The van der Waals surface area contributed by atoms with Crippen molar-refractivity contribution < 1.29 is 32.9 Å². The van der Waals surface area contributed by atoms with Crippen molar-refractivity contribution in [2.75, 3.05) is 0 Å². The number of esters is 1. The van der Waals surface area contributed by atoms with Gasteiger partial charge in [0.05, 0.1) is 12.0 Å². The molecule has 0 spiro atoms. The second-order valence-electron chi connectivity index (χ2n) is 6.53. The van der Waals surface area contributed by atoms with Crippen molar-refractivity contribution in [1.29, 1.82) is 0 Å². The highest BCUT2D eigenvalue weighted by atomic mass is 19.3. The summed E-state index contributed by atoms with van der Waals surface area (Å²) >= 11 is 0. The summed E-state index contributed by atoms with van der Waals surface area (Å²) in [5, 5.41) is 9.84. The average Bonchev–Trinajstić information content (AvgIpc) is 2.66. The molecule has 0 radical (unpaired) electrons. The molecule has 0 saturated carbocycles. The number of benzene rings is 1. The van der Waals surface area contributed by atoms with Gasteiger partial charge in [-0.1, -0.05) is 6.07 Å². The van der Waals surface area contributed by atoms with Crippen LogP contribution in [0.4, 0.5) is 8.78 Å². The number of carbonyl (C=O) groups is 1. The first-order valence-corrected chi connectivity index (χ1v) is 7.26. The zero-order valence-corrected chi connectivity index (χ0v) is 13.4. The maximum Gasteiger partial charge on any atom is 0.586 e. The summed E-state index contributed by atoms with van der Waals surface area (Å²) in [4.78, 5) is 12.2. The summed E-state index contributed by atoms with van der Waals surface area (Å²) < 4.78 is 40.0. The fourth-order valence-electron chi connectivity index (χ4n) is 2.20. The van der Waals surface area contributed by atoms with Gasteiger partial charge in [0.15, 0.2) is 11.5 Å². The molecule has 0 amide bonds. The molecular weight excluding hydrogens is 310 g/mol. The van der Waals surface area contributed by atoms with E-state index in [0.717, 1.165) is 0 Å². The van der Waals surface area contributed by atoms with Crippen LogP contribution in [0.25, 0.3) is 0 Å². The SMILES string of the molecule is C[C@H](O)[C@H](Cc1ccc2c(c1)OC(F)(F)O2)C(=O)OC(C)(C)C. The number of aliphatic hydroxyl groups is 1. The van der Waals surface area contributed by atoms with Crippen LogP contribution in [0, 0.1) is 5.92 Å². The summed E-state index contributed by atoms with van der Waals surface area (Å²) in [5.41, 5.74) is -0.122. The number of halogens is 2. The van der Waals surface area contributed by atoms with Crippen LogP contribution < -0.4 is 9.47 Å². The third-order valence-electron chi connectivity index (χ3n) is 3.21. The second kappa shape index (κ2) is 5.96. The zero-order valence-electron chi connectivity index (χ0n) is 13.4. The summed E-state index contributed by atoms with van der Waals surface area (Å²) in [6.07, 6.45) is -4.50. The minimum Gasteiger partial charge on any atom is -0.460 e. The summed E-state index contributed by atoms with van der Waals surface area (Å²) in [6.45, 7) is 6.67. The third kappa shape index (κ3) is 4.54. The Kier molecular flexibility index (Phi) is 4.52. The molecule has 2 rings (SSSR count). The highest BCUT2D eigenvalue weighted by Crippen LogP contribution is 2.41. The predicted molar refractivity (Wildman–Crippen MR) is 77.4 cm³/mol. The predicted octanol–water partition coefficient (Wildman–Crippen LogP) is 2.89. The van der Waals surface area contributed by atoms with E-state index in [9.17, 15) is 18.7 Å². The van der Waals surface area contributed by atoms with Crippen LogP contribution in [0.2, 0.25) is 0 Å². The lowest BCUT2D eigenvalue weighted by Gasteiger charge is -2.25. The molecule has 5 nitrogen and oxygen atoms in total. The molecule has 0 aromatic heterocycles. The molecule has 0 unspecified atom stereocenters. The van der Waals surface area contributed by atoms with Crippen molar-refractivity contribution in [3.8, 4) is 11.5 Å². The first-order valence-electron chi connectivity index (χ1n) is 7.26. The molecule has 1 aliphatic heterocycles. The van der Waals surface area contributed by atoms with Gasteiger partial charge in [0.1, 0.15) is 5.60 Å². The van der Waals surface area contributed by atoms with Crippen LogP contribution in [0.1, 0.15) is 33.3 Å². The van der Waals surface area contributed by atoms with E-state index in [1.807, 2.05) is 0 Å². The first-order chi connectivity index (χ1) is 10.5. The molecule has 1 N–H and O–H groups in total. The van der Waals surface area contributed by atoms with Gasteiger partial charge in [-0.3, -0.25) is 4.79 Å². The van der Waals surface area contributed by atoms with Crippen LogP contribution >= 0.6 is 0 Å². The molecular formula is C16H20F2O5. The molecule has 128 valence electrons. The Balaban J connectivity index is 2.14. The minimum atomic E-state index is -3.68. The monoisotopic (exact) mass is 330 g/mol. The Morgan fingerprint density at radius 3 is 2.48 bits per heavy atom. The van der Waals surface area contributed by atoms with Gasteiger partial charge < -0.3 is 19.3 Å². The highest BCUT2D eigenvalue weighted by Gasteiger charge is 2.43. The number of hydrogen-bond acceptors (Lipinski definition) is 5. The van der Waals surface area contributed by atoms with Crippen molar-refractivity contribution in [2.45, 2.75) is 52.1 Å². The van der Waals surface area contributed by atoms with Gasteiger partial charge in [0, 0.05) is 0 Å². The standard InChI is InChI=1S/C16H20F2O5/c1-9(19)11(14(20)23-15(2,3)4)7-10-5-6-12-13(8-10)22-16(17,18)21-12/h5-6,8-9,11,19H,7H2,1-4H3/t9-,11-/m0/s1. The Bertz CT molecular complexity index is 593. The van der Waals surface area contributed by atoms with Gasteiger partial charge in [-0.15, -0.1) is 8.78 Å². The van der Waals surface area contributed by atoms with E-state index in [1.165, 1.54) is 19.1 Å². The average molecular weight is 330 g/mol. The van der Waals surface area contributed by atoms with Gasteiger partial charge in [-0.25, -0.2) is 0 Å². The van der Waals surface area contributed by atoms with Crippen LogP contribution in [0.5, 0.6) is 11.5 Å². The molecule has 1 heterocycles. The molecule has 0 saturated heterocycles. The normalized spacial score (nSPS) is 18.4. The second-order valence-corrected chi connectivity index (χ2v) is 6.53. The van der Waals surface area contributed by atoms with E-state index in [-0.39, 0.29) is 17.9 Å². The smallest absolute Gasteiger partial charge is 0.460 e. The lowest BCUT2D eigenvalue weighted by molar-refractivity contribution is -0.286. The molecule has 7 heteroatoms. The Morgan fingerprint density at radius 1 is 1.30 bits per heavy atom. The van der Waals surface area contributed by atoms with E-state index in [2.05, 4.69) is 9.47 Å². The van der Waals surface area contributed by atoms with Crippen molar-refractivity contribution in [2.24, 2.45) is 5.92 Å². The Morgan fingerprint density at radius 2 is 1.91 bits per heavy atom. The number of rotatable bonds is 4. The third-order valence-corrected chi connectivity index (χ3v) is 3.21. The molecule has 2 atom stereocenters. The van der Waals surface area contributed by atoms with Crippen LogP contribution in [0.15, 0.2) is 18.2 Å². The zero-order chi connectivity index (χ0) is 17.4. The molecule has 1 aromatic rings. The molecule has 1 aliphatic rings. The molecule has 0 aliphatic carbocycles. The van der Waals surface area contributed by atoms with Crippen molar-refractivity contribution >= 4 is 5.97 Å². The highest BCUT2D eigenvalue weighted by molar-refractivity contribution is 5.74. The van der Waals surface area contributed by atoms with Crippen LogP contribution in [0.3, 0.4) is 0 Å². The summed E-state index contributed by atoms with van der Waals surface area (Å²) in [7, 11) is 0. The number of alkyl halides is 2. The minimum absolute atomic E-state index is 0.0652. The van der Waals surface area contributed by atoms with Crippen LogP contribution in [-0.2, 0) is 16.0 Å². The van der Waals surface area contributed by atoms with E-state index in [4.69, 9.17) is 4.74 Å². The molecule has 0 bridgehead atoms. The number of aliphatic hydroxyl groups excluding tert-OH is 1. The fourth-order valence-corrected chi connectivity index (χ4v) is 2.20. The Labute approximate surface area is 133 Å². The quantitative estimate of drug-likeness (QED) is 0.860. The van der Waals surface area contributed by atoms with Gasteiger partial charge in [-0.05, 0) is 51.8 Å². The van der Waals surface area contributed by atoms with Crippen molar-refractivity contribution in [1.82, 2.24) is 0 Å². The van der Waals surface area contributed by atoms with Crippen LogP contribution in [-0.4, -0.2) is 29.1 Å². The Hall–Kier alpha value is -1.89. The number of ether oxygens (including phenoxy) is 3. The lowest BCUT2D eigenvalue weighted by Crippen LogP contribution is -2.35. The molecule has 23 heavy (non-hydrogen) atoms. The lowest BCUT2D eigenvalue weighted by atomic mass is 9.94. The maximum absolute atomic E-state index is 13.0. The van der Waals surface area contributed by atoms with Gasteiger partial charge in [0.25, 0.3) is 0 Å². The number of hydrogen-bond donors (Lipinski definition) is 1. The van der Waals surface area contributed by atoms with Crippen molar-refractivity contribution in [3.05, 3.63) is 23.8 Å². The van der Waals surface area contributed by atoms with E-state index >= 15 is 0 Å². The fraction of sp³-hybridized carbons (Fsp3) is 0.562. The maximum atomic E-state index is 13.0. The summed E-state index contributed by atoms with van der Waals surface area (Å²) in [5.74, 6) is -1.52. The number of carbonyl (C=O) groups excluding carboxylic acids is 1. The number of fused-ring (bicyclic) bond motifs is 1. The van der Waals surface area contributed by atoms with E-state index in [1.54, 1.807) is 26.8 Å². The first kappa shape index (κ1) is 17.5. The van der Waals surface area contributed by atoms with Crippen molar-refractivity contribution in [3.63, 3.8) is 0 Å². The van der Waals surface area contributed by atoms with Gasteiger partial charge >= 0.3 is 12.3 Å². The van der Waals surface area contributed by atoms with Gasteiger partial charge in [-0.2, -0.15) is 0 Å². The van der Waals surface area contributed by atoms with E-state index < -0.39 is 29.9 Å². The topological polar surface area (TPSA) is 65.0 Å². The summed E-state index contributed by atoms with van der Waals surface area (Å²) in [6, 6.07) is 4.26. The van der Waals surface area contributed by atoms with E-state index in [0.29, 0.717) is 5.56 Å².